The molecule has 0 aliphatic carbocycles. The molecule has 7 nitrogen and oxygen atoms in total. The van der Waals surface area contributed by atoms with Crippen molar-refractivity contribution >= 4 is 11.9 Å². The number of ketones is 1. The highest BCUT2D eigenvalue weighted by Gasteiger charge is 2.47. The van der Waals surface area contributed by atoms with E-state index in [0.717, 1.165) is 17.5 Å². The van der Waals surface area contributed by atoms with Crippen LogP contribution in [0, 0.1) is 0 Å². The Morgan fingerprint density at radius 3 is 1.84 bits per heavy atom. The molecular weight excluding hydrogens is 470 g/mol. The maximum absolute atomic E-state index is 13.0. The minimum Gasteiger partial charge on any atom is -0.444 e. The molecule has 0 spiro atoms. The van der Waals surface area contributed by atoms with Gasteiger partial charge in [-0.3, -0.25) is 4.79 Å². The van der Waals surface area contributed by atoms with Gasteiger partial charge in [-0.2, -0.15) is 0 Å². The van der Waals surface area contributed by atoms with Crippen LogP contribution < -0.4 is 0 Å². The van der Waals surface area contributed by atoms with Crippen molar-refractivity contribution < 1.29 is 28.5 Å². The molecule has 1 aliphatic rings. The summed E-state index contributed by atoms with van der Waals surface area (Å²) in [4.78, 5) is 26.8. The molecule has 3 rings (SSSR count). The fourth-order valence-corrected chi connectivity index (χ4v) is 4.41. The summed E-state index contributed by atoms with van der Waals surface area (Å²) in [5.41, 5.74) is 1.44. The number of nitrogens with zero attached hydrogens (tertiary/aromatic N) is 1. The predicted molar refractivity (Wildman–Crippen MR) is 142 cm³/mol. The zero-order chi connectivity index (χ0) is 26.8. The lowest BCUT2D eigenvalue weighted by atomic mass is 10.0. The molecule has 1 aliphatic heterocycles. The average Bonchev–Trinajstić information content (AvgIpc) is 3.16. The number of carbonyl (C=O) groups excluding carboxylic acids is 2. The van der Waals surface area contributed by atoms with E-state index in [9.17, 15) is 9.59 Å². The molecule has 0 aromatic heterocycles. The van der Waals surface area contributed by atoms with Crippen LogP contribution in [0.1, 0.15) is 58.6 Å². The van der Waals surface area contributed by atoms with E-state index in [1.807, 2.05) is 88.4 Å². The van der Waals surface area contributed by atoms with Gasteiger partial charge < -0.3 is 23.8 Å². The van der Waals surface area contributed by atoms with Gasteiger partial charge in [-0.15, -0.1) is 0 Å². The molecule has 7 heteroatoms. The molecule has 4 atom stereocenters. The number of hydrogen-bond donors (Lipinski definition) is 0. The normalized spacial score (nSPS) is 21.5. The van der Waals surface area contributed by atoms with Gasteiger partial charge in [0.1, 0.15) is 29.7 Å². The van der Waals surface area contributed by atoms with Crippen LogP contribution in [-0.4, -0.2) is 59.9 Å². The zero-order valence-corrected chi connectivity index (χ0v) is 22.7. The largest absolute Gasteiger partial charge is 0.444 e. The Hall–Kier alpha value is -2.74. The molecule has 202 valence electrons. The van der Waals surface area contributed by atoms with Gasteiger partial charge in [0, 0.05) is 13.0 Å². The van der Waals surface area contributed by atoms with Crippen LogP contribution in [0.2, 0.25) is 0 Å². The van der Waals surface area contributed by atoms with Crippen LogP contribution in [0.3, 0.4) is 0 Å². The summed E-state index contributed by atoms with van der Waals surface area (Å²) in [7, 11) is 0. The summed E-state index contributed by atoms with van der Waals surface area (Å²) in [5, 5.41) is 0. The lowest BCUT2D eigenvalue weighted by Crippen LogP contribution is -2.46. The molecule has 0 radical (unpaired) electrons. The van der Waals surface area contributed by atoms with Crippen LogP contribution in [0.15, 0.2) is 60.7 Å². The summed E-state index contributed by atoms with van der Waals surface area (Å²) >= 11 is 0. The molecule has 0 N–H and O–H groups in total. The third-order valence-electron chi connectivity index (χ3n) is 6.01. The molecule has 1 heterocycles. The number of amides is 1. The first-order valence-corrected chi connectivity index (χ1v) is 13.1. The summed E-state index contributed by atoms with van der Waals surface area (Å²) in [6, 6.07) is 19.8. The molecule has 2 aromatic rings. The molecule has 37 heavy (non-hydrogen) atoms. The molecule has 2 aromatic carbocycles. The molecule has 1 saturated heterocycles. The van der Waals surface area contributed by atoms with Gasteiger partial charge in [0.05, 0.1) is 25.9 Å². The van der Waals surface area contributed by atoms with Gasteiger partial charge in [0.25, 0.3) is 0 Å². The first-order chi connectivity index (χ1) is 17.7. The minimum atomic E-state index is -0.610. The van der Waals surface area contributed by atoms with Gasteiger partial charge in [0.15, 0.2) is 0 Å². The SMILES string of the molecule is CCCN(C[C@H]1O[C@H](CC(C)=O)[C@H](OCc2ccccc2)[C@@H]1OCc1ccccc1)C(=O)OC(C)(C)C. The maximum atomic E-state index is 13.0. The predicted octanol–water partition coefficient (Wildman–Crippen LogP) is 5.55. The maximum Gasteiger partial charge on any atom is 0.410 e. The number of carbonyl (C=O) groups is 2. The average molecular weight is 512 g/mol. The van der Waals surface area contributed by atoms with Crippen LogP contribution in [0.5, 0.6) is 0 Å². The number of rotatable bonds is 12. The molecular formula is C30H41NO6. The van der Waals surface area contributed by atoms with Crippen molar-refractivity contribution in [3.8, 4) is 0 Å². The first kappa shape index (κ1) is 28.8. The highest BCUT2D eigenvalue weighted by atomic mass is 16.6. The smallest absolute Gasteiger partial charge is 0.410 e. The Morgan fingerprint density at radius 2 is 1.38 bits per heavy atom. The first-order valence-electron chi connectivity index (χ1n) is 13.1. The zero-order valence-electron chi connectivity index (χ0n) is 22.7. The molecule has 1 amide bonds. The Bertz CT molecular complexity index is 975. The van der Waals surface area contributed by atoms with E-state index in [4.69, 9.17) is 18.9 Å². The summed E-state index contributed by atoms with van der Waals surface area (Å²) < 4.78 is 24.9. The fraction of sp³-hybridized carbons (Fsp3) is 0.533. The van der Waals surface area contributed by atoms with Gasteiger partial charge in [-0.05, 0) is 45.2 Å². The number of Topliss-reactive ketones (excluding diaryl/α,β-unsaturated/α-hetero) is 1. The van der Waals surface area contributed by atoms with Crippen LogP contribution in [-0.2, 0) is 37.0 Å². The molecule has 0 unspecified atom stereocenters. The van der Waals surface area contributed by atoms with Gasteiger partial charge in [-0.1, -0.05) is 67.6 Å². The van der Waals surface area contributed by atoms with Crippen molar-refractivity contribution in [3.05, 3.63) is 71.8 Å². The van der Waals surface area contributed by atoms with E-state index >= 15 is 0 Å². The monoisotopic (exact) mass is 511 g/mol. The lowest BCUT2D eigenvalue weighted by molar-refractivity contribution is -0.122. The third-order valence-corrected chi connectivity index (χ3v) is 6.01. The fourth-order valence-electron chi connectivity index (χ4n) is 4.41. The van der Waals surface area contributed by atoms with Gasteiger partial charge in [-0.25, -0.2) is 4.79 Å². The van der Waals surface area contributed by atoms with Gasteiger partial charge in [0.2, 0.25) is 0 Å². The van der Waals surface area contributed by atoms with E-state index in [1.165, 1.54) is 0 Å². The Morgan fingerprint density at radius 1 is 0.865 bits per heavy atom. The highest BCUT2D eigenvalue weighted by molar-refractivity contribution is 5.76. The van der Waals surface area contributed by atoms with Gasteiger partial charge >= 0.3 is 6.09 Å². The summed E-state index contributed by atoms with van der Waals surface area (Å²) in [6.07, 6.45) is -1.32. The van der Waals surface area contributed by atoms with E-state index in [2.05, 4.69) is 0 Å². The van der Waals surface area contributed by atoms with E-state index < -0.39 is 36.1 Å². The second-order valence-electron chi connectivity index (χ2n) is 10.6. The Labute approximate surface area is 221 Å². The van der Waals surface area contributed by atoms with Crippen molar-refractivity contribution in [2.45, 2.75) is 90.7 Å². The van der Waals surface area contributed by atoms with Crippen molar-refractivity contribution in [1.29, 1.82) is 0 Å². The van der Waals surface area contributed by atoms with E-state index in [1.54, 1.807) is 11.8 Å². The van der Waals surface area contributed by atoms with Crippen LogP contribution in [0.4, 0.5) is 4.79 Å². The number of hydrogen-bond acceptors (Lipinski definition) is 6. The standard InChI is InChI=1S/C30H41NO6/c1-6-17-31(29(33)37-30(3,4)5)19-26-28(35-21-24-15-11-8-12-16-24)27(25(36-26)18-22(2)32)34-20-23-13-9-7-10-14-23/h7-16,25-28H,6,17-21H2,1-5H3/t25-,26-,27+,28-/m1/s1. The molecule has 1 fully saturated rings. The minimum absolute atomic E-state index is 0.0123. The second-order valence-corrected chi connectivity index (χ2v) is 10.6. The topological polar surface area (TPSA) is 74.3 Å². The number of ether oxygens (including phenoxy) is 4. The molecule has 0 saturated carbocycles. The van der Waals surface area contributed by atoms with Crippen molar-refractivity contribution in [2.24, 2.45) is 0 Å². The van der Waals surface area contributed by atoms with Crippen LogP contribution in [0.25, 0.3) is 0 Å². The van der Waals surface area contributed by atoms with E-state index in [0.29, 0.717) is 19.8 Å². The summed E-state index contributed by atoms with van der Waals surface area (Å²) in [6.45, 7) is 10.6. The van der Waals surface area contributed by atoms with Crippen molar-refractivity contribution in [1.82, 2.24) is 4.90 Å². The lowest BCUT2D eigenvalue weighted by Gasteiger charge is -2.31. The molecule has 0 bridgehead atoms. The number of benzene rings is 2. The quantitative estimate of drug-likeness (QED) is 0.372. The van der Waals surface area contributed by atoms with Crippen molar-refractivity contribution in [3.63, 3.8) is 0 Å². The summed E-state index contributed by atoms with van der Waals surface area (Å²) in [5.74, 6) is 0.0123. The third kappa shape index (κ3) is 9.26. The Balaban J connectivity index is 1.84. The Kier molecular flexibility index (Phi) is 10.7. The van der Waals surface area contributed by atoms with E-state index in [-0.39, 0.29) is 18.7 Å². The van der Waals surface area contributed by atoms with Crippen molar-refractivity contribution in [2.75, 3.05) is 13.1 Å². The second kappa shape index (κ2) is 13.7. The van der Waals surface area contributed by atoms with Crippen LogP contribution >= 0.6 is 0 Å². The highest BCUT2D eigenvalue weighted by Crippen LogP contribution is 2.31.